The van der Waals surface area contributed by atoms with E-state index in [2.05, 4.69) is 10.4 Å². The van der Waals surface area contributed by atoms with Crippen LogP contribution in [0.1, 0.15) is 32.7 Å². The molecule has 2 aromatic heterocycles. The molecule has 0 bridgehead atoms. The summed E-state index contributed by atoms with van der Waals surface area (Å²) in [5.41, 5.74) is 6.77. The number of rotatable bonds is 6. The standard InChI is InChI=1S/C25H22F3N5O2/c1-16-5-10-22(24(35)33(16)21-4-2-3-19(11-21)25(26,27)28)23(34)30-13-18-14-31-32(15-18)20-8-6-17(12-29)7-9-20/h2-11,14-15H,12-13,29H2,1H3,(H,30,34). The van der Waals surface area contributed by atoms with Gasteiger partial charge in [0.05, 0.1) is 17.4 Å². The highest BCUT2D eigenvalue weighted by Crippen LogP contribution is 2.30. The van der Waals surface area contributed by atoms with Gasteiger partial charge in [0.15, 0.2) is 0 Å². The molecule has 0 aliphatic carbocycles. The Morgan fingerprint density at radius 3 is 2.46 bits per heavy atom. The van der Waals surface area contributed by atoms with Gasteiger partial charge in [-0.1, -0.05) is 18.2 Å². The molecule has 4 rings (SSSR count). The Bertz CT molecular complexity index is 1420. The van der Waals surface area contributed by atoms with E-state index in [0.717, 1.165) is 28.0 Å². The third-order valence-electron chi connectivity index (χ3n) is 5.48. The smallest absolute Gasteiger partial charge is 0.348 e. The lowest BCUT2D eigenvalue weighted by Crippen LogP contribution is -2.33. The molecule has 2 heterocycles. The molecule has 4 aromatic rings. The zero-order valence-electron chi connectivity index (χ0n) is 18.7. The van der Waals surface area contributed by atoms with Gasteiger partial charge in [0.2, 0.25) is 0 Å². The van der Waals surface area contributed by atoms with Gasteiger partial charge in [-0.15, -0.1) is 0 Å². The molecule has 2 aromatic carbocycles. The summed E-state index contributed by atoms with van der Waals surface area (Å²) in [5.74, 6) is -0.643. The van der Waals surface area contributed by atoms with Crippen LogP contribution < -0.4 is 16.6 Å². The van der Waals surface area contributed by atoms with Crippen molar-refractivity contribution in [1.29, 1.82) is 0 Å². The predicted molar refractivity (Wildman–Crippen MR) is 124 cm³/mol. The summed E-state index contributed by atoms with van der Waals surface area (Å²) in [7, 11) is 0. The number of aromatic nitrogens is 3. The van der Waals surface area contributed by atoms with Crippen LogP contribution >= 0.6 is 0 Å². The maximum Gasteiger partial charge on any atom is 0.416 e. The van der Waals surface area contributed by atoms with Crippen LogP contribution in [0.4, 0.5) is 13.2 Å². The number of hydrogen-bond donors (Lipinski definition) is 2. The number of halogens is 3. The van der Waals surface area contributed by atoms with Crippen LogP contribution in [-0.2, 0) is 19.3 Å². The van der Waals surface area contributed by atoms with Gasteiger partial charge < -0.3 is 11.1 Å². The van der Waals surface area contributed by atoms with E-state index < -0.39 is 23.2 Å². The van der Waals surface area contributed by atoms with E-state index in [9.17, 15) is 22.8 Å². The molecule has 1 amide bonds. The molecule has 0 fully saturated rings. The molecule has 10 heteroatoms. The van der Waals surface area contributed by atoms with Gasteiger partial charge >= 0.3 is 6.18 Å². The van der Waals surface area contributed by atoms with Crippen LogP contribution in [-0.4, -0.2) is 20.3 Å². The van der Waals surface area contributed by atoms with E-state index in [0.29, 0.717) is 17.8 Å². The van der Waals surface area contributed by atoms with Gasteiger partial charge in [-0.2, -0.15) is 18.3 Å². The van der Waals surface area contributed by atoms with Crippen molar-refractivity contribution in [3.05, 3.63) is 111 Å². The van der Waals surface area contributed by atoms with Gasteiger partial charge in [0, 0.05) is 36.2 Å². The average molecular weight is 481 g/mol. The van der Waals surface area contributed by atoms with Gasteiger partial charge in [0.1, 0.15) is 5.56 Å². The van der Waals surface area contributed by atoms with E-state index in [4.69, 9.17) is 5.73 Å². The maximum atomic E-state index is 13.1. The zero-order chi connectivity index (χ0) is 25.2. The van der Waals surface area contributed by atoms with Crippen molar-refractivity contribution in [2.45, 2.75) is 26.2 Å². The molecule has 0 saturated carbocycles. The number of pyridine rings is 1. The highest BCUT2D eigenvalue weighted by atomic mass is 19.4. The average Bonchev–Trinajstić information content (AvgIpc) is 3.31. The Morgan fingerprint density at radius 1 is 1.03 bits per heavy atom. The first-order valence-corrected chi connectivity index (χ1v) is 10.7. The van der Waals surface area contributed by atoms with Crippen molar-refractivity contribution in [3.63, 3.8) is 0 Å². The molecule has 0 unspecified atom stereocenters. The Kier molecular flexibility index (Phi) is 6.57. The molecular formula is C25H22F3N5O2. The molecule has 35 heavy (non-hydrogen) atoms. The molecule has 0 radical (unpaired) electrons. The first-order chi connectivity index (χ1) is 16.7. The lowest BCUT2D eigenvalue weighted by Gasteiger charge is -2.14. The number of amides is 1. The Morgan fingerprint density at radius 2 is 1.77 bits per heavy atom. The van der Waals surface area contributed by atoms with E-state index in [1.54, 1.807) is 24.0 Å². The molecule has 7 nitrogen and oxygen atoms in total. The quantitative estimate of drug-likeness (QED) is 0.439. The minimum Gasteiger partial charge on any atom is -0.348 e. The summed E-state index contributed by atoms with van der Waals surface area (Å²) in [6.45, 7) is 2.12. The normalized spacial score (nSPS) is 11.5. The molecule has 0 atom stereocenters. The lowest BCUT2D eigenvalue weighted by molar-refractivity contribution is -0.137. The van der Waals surface area contributed by atoms with Crippen molar-refractivity contribution in [2.24, 2.45) is 5.73 Å². The first-order valence-electron chi connectivity index (χ1n) is 10.7. The summed E-state index contributed by atoms with van der Waals surface area (Å²) < 4.78 is 42.1. The number of nitrogens with two attached hydrogens (primary N) is 1. The first kappa shape index (κ1) is 24.0. The molecule has 0 aliphatic rings. The van der Waals surface area contributed by atoms with Crippen molar-refractivity contribution in [2.75, 3.05) is 0 Å². The maximum absolute atomic E-state index is 13.1. The SMILES string of the molecule is Cc1ccc(C(=O)NCc2cnn(-c3ccc(CN)cc3)c2)c(=O)n1-c1cccc(C(F)(F)F)c1. The Labute approximate surface area is 198 Å². The van der Waals surface area contributed by atoms with Crippen LogP contribution in [0.5, 0.6) is 0 Å². The number of hydrogen-bond acceptors (Lipinski definition) is 4. The largest absolute Gasteiger partial charge is 0.416 e. The monoisotopic (exact) mass is 481 g/mol. The van der Waals surface area contributed by atoms with Crippen LogP contribution in [0.2, 0.25) is 0 Å². The number of carbonyl (C=O) groups is 1. The zero-order valence-corrected chi connectivity index (χ0v) is 18.7. The van der Waals surface area contributed by atoms with Crippen LogP contribution in [0.15, 0.2) is 77.9 Å². The predicted octanol–water partition coefficient (Wildman–Crippen LogP) is 3.74. The molecular weight excluding hydrogens is 459 g/mol. The fourth-order valence-corrected chi connectivity index (χ4v) is 3.60. The van der Waals surface area contributed by atoms with Gasteiger partial charge in [0.25, 0.3) is 11.5 Å². The van der Waals surface area contributed by atoms with Crippen molar-refractivity contribution < 1.29 is 18.0 Å². The second-order valence-corrected chi connectivity index (χ2v) is 7.92. The summed E-state index contributed by atoms with van der Waals surface area (Å²) >= 11 is 0. The van der Waals surface area contributed by atoms with Crippen molar-refractivity contribution in [3.8, 4) is 11.4 Å². The van der Waals surface area contributed by atoms with E-state index >= 15 is 0 Å². The van der Waals surface area contributed by atoms with Crippen LogP contribution in [0, 0.1) is 6.92 Å². The third kappa shape index (κ3) is 5.17. The molecule has 0 aliphatic heterocycles. The summed E-state index contributed by atoms with van der Waals surface area (Å²) in [5, 5.41) is 6.95. The van der Waals surface area contributed by atoms with Crippen LogP contribution in [0.25, 0.3) is 11.4 Å². The van der Waals surface area contributed by atoms with E-state index in [1.165, 1.54) is 24.3 Å². The van der Waals surface area contributed by atoms with Gasteiger partial charge in [-0.3, -0.25) is 14.2 Å². The fourth-order valence-electron chi connectivity index (χ4n) is 3.60. The molecule has 0 spiro atoms. The number of nitrogens with one attached hydrogen (secondary N) is 1. The van der Waals surface area contributed by atoms with E-state index in [-0.39, 0.29) is 17.8 Å². The van der Waals surface area contributed by atoms with Crippen molar-refractivity contribution >= 4 is 5.91 Å². The van der Waals surface area contributed by atoms with Gasteiger partial charge in [-0.25, -0.2) is 4.68 Å². The molecule has 3 N–H and O–H groups in total. The number of benzene rings is 2. The minimum absolute atomic E-state index is 0.0268. The third-order valence-corrected chi connectivity index (χ3v) is 5.48. The number of aryl methyl sites for hydroxylation is 1. The Hall–Kier alpha value is -4.18. The Balaban J connectivity index is 1.53. The number of alkyl halides is 3. The molecule has 0 saturated heterocycles. The molecule has 180 valence electrons. The highest BCUT2D eigenvalue weighted by Gasteiger charge is 2.30. The second-order valence-electron chi connectivity index (χ2n) is 7.92. The van der Waals surface area contributed by atoms with Crippen molar-refractivity contribution in [1.82, 2.24) is 19.7 Å². The summed E-state index contributed by atoms with van der Waals surface area (Å²) in [6, 6.07) is 14.8. The number of nitrogens with zero attached hydrogens (tertiary/aromatic N) is 3. The number of carbonyl (C=O) groups excluding carboxylic acids is 1. The minimum atomic E-state index is -4.56. The second kappa shape index (κ2) is 9.59. The van der Waals surface area contributed by atoms with Gasteiger partial charge in [-0.05, 0) is 55.0 Å². The summed E-state index contributed by atoms with van der Waals surface area (Å²) in [4.78, 5) is 25.8. The van der Waals surface area contributed by atoms with E-state index in [1.807, 2.05) is 24.3 Å². The van der Waals surface area contributed by atoms with Crippen LogP contribution in [0.3, 0.4) is 0 Å². The lowest BCUT2D eigenvalue weighted by atomic mass is 10.1. The summed E-state index contributed by atoms with van der Waals surface area (Å²) in [6.07, 6.45) is -1.22. The topological polar surface area (TPSA) is 94.9 Å². The fraction of sp³-hybridized carbons (Fsp3) is 0.160. The highest BCUT2D eigenvalue weighted by molar-refractivity contribution is 5.93.